The average Bonchev–Trinajstić information content (AvgIpc) is 3.04. The fourth-order valence-electron chi connectivity index (χ4n) is 5.27. The molecule has 2 saturated heterocycles. The highest BCUT2D eigenvalue weighted by Crippen LogP contribution is 2.40. The number of imide groups is 1. The topological polar surface area (TPSA) is 223 Å². The van der Waals surface area contributed by atoms with Crippen molar-refractivity contribution in [2.24, 2.45) is 0 Å². The molecule has 0 saturated carbocycles. The summed E-state index contributed by atoms with van der Waals surface area (Å²) in [6.45, 7) is 0.529. The van der Waals surface area contributed by atoms with E-state index in [1.165, 1.54) is 30.0 Å². The van der Waals surface area contributed by atoms with Crippen molar-refractivity contribution in [1.29, 1.82) is 0 Å². The van der Waals surface area contributed by atoms with Crippen LogP contribution in [0.3, 0.4) is 0 Å². The number of carbonyl (C=O) groups is 7. The van der Waals surface area contributed by atoms with E-state index >= 15 is 0 Å². The van der Waals surface area contributed by atoms with Crippen LogP contribution in [0.5, 0.6) is 11.5 Å². The number of fused-ring (bicyclic) bond motifs is 1. The number of hydrogen-bond donors (Lipinski definition) is 5. The van der Waals surface area contributed by atoms with E-state index in [0.29, 0.717) is 16.0 Å². The monoisotopic (exact) mass is 667 g/mol. The smallest absolute Gasteiger partial charge is 0.352 e. The number of urea groups is 1. The highest BCUT2D eigenvalue weighted by Gasteiger charge is 2.54. The first-order valence-electron chi connectivity index (χ1n) is 14.2. The van der Waals surface area contributed by atoms with Crippen molar-refractivity contribution < 1.29 is 53.6 Å². The first kappa shape index (κ1) is 32.8. The van der Waals surface area contributed by atoms with Crippen LogP contribution < -0.4 is 10.6 Å². The number of amides is 6. The van der Waals surface area contributed by atoms with Gasteiger partial charge in [-0.15, -0.1) is 11.8 Å². The van der Waals surface area contributed by atoms with Gasteiger partial charge in [0.25, 0.3) is 5.91 Å². The summed E-state index contributed by atoms with van der Waals surface area (Å²) in [5, 5.41) is 33.3. The van der Waals surface area contributed by atoms with Crippen LogP contribution in [0.25, 0.3) is 0 Å². The number of nitrogens with zero attached hydrogens (tertiary/aromatic N) is 3. The Morgan fingerprint density at radius 2 is 1.72 bits per heavy atom. The number of nitrogens with one attached hydrogen (secondary N) is 2. The van der Waals surface area contributed by atoms with Crippen molar-refractivity contribution in [2.45, 2.75) is 30.9 Å². The number of thioether (sulfide) groups is 1. The molecular weight excluding hydrogens is 638 g/mol. The molecule has 246 valence electrons. The minimum atomic E-state index is -1.41. The molecule has 47 heavy (non-hydrogen) atoms. The summed E-state index contributed by atoms with van der Waals surface area (Å²) in [4.78, 5) is 91.9. The van der Waals surface area contributed by atoms with Gasteiger partial charge in [0.15, 0.2) is 11.5 Å². The number of phenolic OH excluding ortho intramolecular Hbond substituents is 2. The summed E-state index contributed by atoms with van der Waals surface area (Å²) < 4.78 is 4.93. The molecule has 3 atom stereocenters. The van der Waals surface area contributed by atoms with E-state index in [-0.39, 0.29) is 49.0 Å². The number of rotatable bonds is 9. The number of aliphatic carboxylic acids is 1. The van der Waals surface area contributed by atoms with Crippen LogP contribution in [0.15, 0.2) is 59.8 Å². The molecule has 0 spiro atoms. The van der Waals surface area contributed by atoms with Crippen LogP contribution in [0, 0.1) is 0 Å². The van der Waals surface area contributed by atoms with E-state index in [0.717, 1.165) is 16.7 Å². The number of hydrogen-bond acceptors (Lipinski definition) is 11. The number of β-lactam (4-membered cyclic amide) rings is 1. The Morgan fingerprint density at radius 3 is 2.38 bits per heavy atom. The molecule has 17 heteroatoms. The number of benzene rings is 2. The fraction of sp³-hybridized carbons (Fsp3) is 0.300. The molecule has 16 nitrogen and oxygen atoms in total. The average molecular weight is 668 g/mol. The van der Waals surface area contributed by atoms with Gasteiger partial charge in [-0.3, -0.25) is 33.8 Å². The Labute approximate surface area is 270 Å². The van der Waals surface area contributed by atoms with Crippen LogP contribution in [0.2, 0.25) is 0 Å². The van der Waals surface area contributed by atoms with Crippen LogP contribution in [0.1, 0.15) is 24.1 Å². The van der Waals surface area contributed by atoms with E-state index in [1.54, 1.807) is 30.3 Å². The second-order valence-corrected chi connectivity index (χ2v) is 11.8. The maximum atomic E-state index is 13.6. The third kappa shape index (κ3) is 6.69. The van der Waals surface area contributed by atoms with Crippen molar-refractivity contribution >= 4 is 53.4 Å². The van der Waals surface area contributed by atoms with Gasteiger partial charge in [0, 0.05) is 37.9 Å². The summed E-state index contributed by atoms with van der Waals surface area (Å²) in [6.07, 6.45) is 0. The molecular formula is C30H29N5O11S. The Bertz CT molecular complexity index is 1700. The number of carbonyl (C=O) groups excluding carboxylic acids is 6. The van der Waals surface area contributed by atoms with Crippen LogP contribution in [-0.2, 0) is 40.0 Å². The maximum Gasteiger partial charge on any atom is 0.352 e. The van der Waals surface area contributed by atoms with E-state index in [1.807, 2.05) is 0 Å². The number of esters is 1. The molecule has 6 amide bonds. The molecule has 0 aliphatic carbocycles. The van der Waals surface area contributed by atoms with Gasteiger partial charge >= 0.3 is 29.8 Å². The summed E-state index contributed by atoms with van der Waals surface area (Å²) in [7, 11) is 0. The van der Waals surface area contributed by atoms with E-state index in [9.17, 15) is 48.9 Å². The lowest BCUT2D eigenvalue weighted by Crippen LogP contribution is -2.71. The molecule has 5 rings (SSSR count). The predicted octanol–water partition coefficient (Wildman–Crippen LogP) is 0.0212. The maximum absolute atomic E-state index is 13.6. The third-order valence-electron chi connectivity index (χ3n) is 7.63. The van der Waals surface area contributed by atoms with Crippen molar-refractivity contribution in [2.75, 3.05) is 25.4 Å². The molecule has 3 heterocycles. The number of carboxylic acids is 1. The fourth-order valence-corrected chi connectivity index (χ4v) is 6.60. The second-order valence-electron chi connectivity index (χ2n) is 10.7. The van der Waals surface area contributed by atoms with Crippen molar-refractivity contribution in [3.8, 4) is 11.5 Å². The third-order valence-corrected chi connectivity index (χ3v) is 8.97. The van der Waals surface area contributed by atoms with Gasteiger partial charge in [-0.25, -0.2) is 9.59 Å². The molecule has 0 aromatic heterocycles. The zero-order chi connectivity index (χ0) is 34.0. The largest absolute Gasteiger partial charge is 0.504 e. The Balaban J connectivity index is 1.27. The Hall–Kier alpha value is -5.58. The van der Waals surface area contributed by atoms with Crippen LogP contribution >= 0.6 is 11.8 Å². The van der Waals surface area contributed by atoms with Gasteiger partial charge in [-0.2, -0.15) is 0 Å². The second kappa shape index (κ2) is 13.4. The number of carboxylic acid groups (broad SMARTS) is 1. The van der Waals surface area contributed by atoms with Crippen LogP contribution in [-0.4, -0.2) is 108 Å². The molecule has 0 radical (unpaired) electrons. The molecule has 3 aliphatic rings. The standard InChI is InChI=1S/C30H29N5O11S/c1-15(36)46-13-18-14-47-28-22(25(40)35(28)23(18)29(43)44)31-24(39)21(17-5-3-2-4-6-17)32-30(45)34-10-9-33(26(41)27(34)42)12-16-7-8-19(37)20(38)11-16/h2-8,11,21-22,28,37-38H,9-10,12-14H2,1H3,(H,31,39)(H,32,45)(H,43,44)/t21-,22-,28-/m1/s1. The molecule has 2 aromatic rings. The van der Waals surface area contributed by atoms with Gasteiger partial charge < -0.3 is 35.6 Å². The summed E-state index contributed by atoms with van der Waals surface area (Å²) in [6, 6.07) is 8.34. The van der Waals surface area contributed by atoms with Gasteiger partial charge in [-0.05, 0) is 23.3 Å². The highest BCUT2D eigenvalue weighted by molar-refractivity contribution is 8.00. The van der Waals surface area contributed by atoms with Gasteiger partial charge in [-0.1, -0.05) is 36.4 Å². The van der Waals surface area contributed by atoms with Crippen molar-refractivity contribution in [3.05, 3.63) is 70.9 Å². The molecule has 2 aromatic carbocycles. The zero-order valence-corrected chi connectivity index (χ0v) is 25.6. The summed E-state index contributed by atoms with van der Waals surface area (Å²) in [5.74, 6) is -6.33. The number of ether oxygens (including phenoxy) is 1. The van der Waals surface area contributed by atoms with Gasteiger partial charge in [0.2, 0.25) is 5.91 Å². The first-order valence-corrected chi connectivity index (χ1v) is 15.2. The molecule has 3 aliphatic heterocycles. The SMILES string of the molecule is CC(=O)OCC1=C(C(=O)O)N2C(=O)[C@@H](NC(=O)[C@H](NC(=O)N3CCN(Cc4ccc(O)c(O)c4)C(=O)C3=O)c3ccccc3)[C@H]2SC1. The zero-order valence-electron chi connectivity index (χ0n) is 24.7. The van der Waals surface area contributed by atoms with E-state index < -0.39 is 64.8 Å². The lowest BCUT2D eigenvalue weighted by Gasteiger charge is -2.49. The normalized spacial score (nSPS) is 19.9. The Morgan fingerprint density at radius 1 is 1.00 bits per heavy atom. The van der Waals surface area contributed by atoms with Crippen LogP contribution in [0.4, 0.5) is 4.79 Å². The molecule has 5 N–H and O–H groups in total. The lowest BCUT2D eigenvalue weighted by atomic mass is 10.0. The van der Waals surface area contributed by atoms with Crippen molar-refractivity contribution in [1.82, 2.24) is 25.3 Å². The molecule has 2 fully saturated rings. The van der Waals surface area contributed by atoms with E-state index in [4.69, 9.17) is 4.74 Å². The number of phenols is 2. The summed E-state index contributed by atoms with van der Waals surface area (Å²) >= 11 is 1.16. The first-order chi connectivity index (χ1) is 22.4. The highest BCUT2D eigenvalue weighted by atomic mass is 32.2. The van der Waals surface area contributed by atoms with Gasteiger partial charge in [0.05, 0.1) is 0 Å². The number of piperazine rings is 1. The van der Waals surface area contributed by atoms with Crippen molar-refractivity contribution in [3.63, 3.8) is 0 Å². The summed E-state index contributed by atoms with van der Waals surface area (Å²) in [5.41, 5.74) is 0.634. The number of aromatic hydroxyl groups is 2. The predicted molar refractivity (Wildman–Crippen MR) is 161 cm³/mol. The quantitative estimate of drug-likeness (QED) is 0.103. The molecule has 0 bridgehead atoms. The van der Waals surface area contributed by atoms with Gasteiger partial charge in [0.1, 0.15) is 29.8 Å². The molecule has 0 unspecified atom stereocenters. The Kier molecular flexibility index (Phi) is 9.36. The lowest BCUT2D eigenvalue weighted by molar-refractivity contribution is -0.154. The minimum Gasteiger partial charge on any atom is -0.504 e. The van der Waals surface area contributed by atoms with E-state index in [2.05, 4.69) is 10.6 Å². The minimum absolute atomic E-state index is 0.0496.